The molecular formula is C4H6BrNO2S. The molecule has 0 aromatic carbocycles. The lowest BCUT2D eigenvalue weighted by Crippen LogP contribution is -2.24. The van der Waals surface area contributed by atoms with Gasteiger partial charge in [0, 0.05) is 6.26 Å². The lowest BCUT2D eigenvalue weighted by molar-refractivity contribution is 0.595. The summed E-state index contributed by atoms with van der Waals surface area (Å²) < 4.78 is 19.8. The van der Waals surface area contributed by atoms with Gasteiger partial charge in [-0.25, -0.2) is 8.42 Å². The first kappa shape index (κ1) is 8.92. The Morgan fingerprint density at radius 3 is 2.00 bits per heavy atom. The van der Waals surface area contributed by atoms with E-state index in [2.05, 4.69) is 15.9 Å². The molecule has 0 aromatic heterocycles. The average Bonchev–Trinajstić information content (AvgIpc) is 1.64. The van der Waals surface area contributed by atoms with Gasteiger partial charge in [0.2, 0.25) is 3.66 Å². The molecule has 0 amide bonds. The molecule has 52 valence electrons. The second-order valence-corrected chi connectivity index (χ2v) is 6.27. The minimum Gasteiger partial charge on any atom is -0.227 e. The van der Waals surface area contributed by atoms with Crippen molar-refractivity contribution in [2.75, 3.05) is 6.26 Å². The quantitative estimate of drug-likeness (QED) is 0.600. The maximum absolute atomic E-state index is 10.6. The number of nitriles is 1. The van der Waals surface area contributed by atoms with Crippen LogP contribution in [0, 0.1) is 11.3 Å². The maximum Gasteiger partial charge on any atom is 0.209 e. The van der Waals surface area contributed by atoms with Crippen LogP contribution in [0.25, 0.3) is 0 Å². The van der Waals surface area contributed by atoms with Gasteiger partial charge >= 0.3 is 0 Å². The Bertz CT molecular complexity index is 236. The monoisotopic (exact) mass is 211 g/mol. The zero-order valence-electron chi connectivity index (χ0n) is 5.05. The normalized spacial score (nSPS) is 18.0. The Hall–Kier alpha value is -0.0800. The molecule has 0 radical (unpaired) electrons. The van der Waals surface area contributed by atoms with Gasteiger partial charge in [0.05, 0.1) is 6.07 Å². The predicted octanol–water partition coefficient (Wildman–Crippen LogP) is 0.666. The number of sulfone groups is 1. The van der Waals surface area contributed by atoms with E-state index in [1.807, 2.05) is 0 Å². The summed E-state index contributed by atoms with van der Waals surface area (Å²) in [7, 11) is -3.30. The van der Waals surface area contributed by atoms with Crippen molar-refractivity contribution in [3.8, 4) is 6.07 Å². The third kappa shape index (κ3) is 1.95. The van der Waals surface area contributed by atoms with Gasteiger partial charge in [-0.05, 0) is 6.92 Å². The molecule has 0 saturated carbocycles. The van der Waals surface area contributed by atoms with E-state index < -0.39 is 13.5 Å². The molecule has 0 aliphatic carbocycles. The number of hydrogen-bond acceptors (Lipinski definition) is 3. The first-order valence-corrected chi connectivity index (χ1v) is 4.79. The van der Waals surface area contributed by atoms with E-state index in [1.165, 1.54) is 6.92 Å². The molecule has 0 heterocycles. The molecule has 0 aliphatic rings. The average molecular weight is 212 g/mol. The Labute approximate surface area is 62.7 Å². The fourth-order valence-corrected chi connectivity index (χ4v) is 0.249. The van der Waals surface area contributed by atoms with Gasteiger partial charge in [0.25, 0.3) is 0 Å². The standard InChI is InChI=1S/C4H6BrNO2S/c1-4(5,3-6)9(2,7)8/h1-2H3/t4-/m1/s1. The molecule has 0 spiro atoms. The van der Waals surface area contributed by atoms with Crippen LogP contribution >= 0.6 is 15.9 Å². The van der Waals surface area contributed by atoms with Crippen LogP contribution in [0.2, 0.25) is 0 Å². The van der Waals surface area contributed by atoms with E-state index in [0.717, 1.165) is 6.26 Å². The summed E-state index contributed by atoms with van der Waals surface area (Å²) in [6, 6.07) is 1.61. The third-order valence-corrected chi connectivity index (χ3v) is 4.32. The van der Waals surface area contributed by atoms with Crippen molar-refractivity contribution in [1.82, 2.24) is 0 Å². The van der Waals surface area contributed by atoms with Crippen LogP contribution in [0.4, 0.5) is 0 Å². The van der Waals surface area contributed by atoms with Crippen LogP contribution < -0.4 is 0 Å². The van der Waals surface area contributed by atoms with Gasteiger partial charge in [0.15, 0.2) is 9.84 Å². The van der Waals surface area contributed by atoms with Crippen LogP contribution in [-0.2, 0) is 9.84 Å². The minimum atomic E-state index is -3.30. The lowest BCUT2D eigenvalue weighted by Gasteiger charge is -2.08. The molecule has 0 saturated heterocycles. The van der Waals surface area contributed by atoms with Gasteiger partial charge in [-0.15, -0.1) is 0 Å². The van der Waals surface area contributed by atoms with Crippen LogP contribution in [-0.4, -0.2) is 18.3 Å². The molecule has 9 heavy (non-hydrogen) atoms. The van der Waals surface area contributed by atoms with E-state index in [0.29, 0.717) is 0 Å². The molecule has 0 aliphatic heterocycles. The smallest absolute Gasteiger partial charge is 0.209 e. The van der Waals surface area contributed by atoms with E-state index >= 15 is 0 Å². The van der Waals surface area contributed by atoms with Crippen LogP contribution in [0.5, 0.6) is 0 Å². The number of halogens is 1. The fraction of sp³-hybridized carbons (Fsp3) is 0.750. The maximum atomic E-state index is 10.6. The molecule has 3 nitrogen and oxygen atoms in total. The zero-order chi connectivity index (χ0) is 7.71. The fourth-order valence-electron chi connectivity index (χ4n) is 0.0829. The zero-order valence-corrected chi connectivity index (χ0v) is 7.45. The Balaban J connectivity index is 4.85. The summed E-state index contributed by atoms with van der Waals surface area (Å²) in [5.41, 5.74) is 0. The van der Waals surface area contributed by atoms with Gasteiger partial charge in [-0.1, -0.05) is 15.9 Å². The summed E-state index contributed by atoms with van der Waals surface area (Å²) >= 11 is 2.75. The Morgan fingerprint density at radius 2 is 2.00 bits per heavy atom. The number of alkyl halides is 1. The predicted molar refractivity (Wildman–Crippen MR) is 37.8 cm³/mol. The van der Waals surface area contributed by atoms with Crippen molar-refractivity contribution in [3.05, 3.63) is 0 Å². The molecule has 0 unspecified atom stereocenters. The molecule has 1 atom stereocenters. The summed E-state index contributed by atoms with van der Waals surface area (Å²) in [4.78, 5) is 0. The highest BCUT2D eigenvalue weighted by Gasteiger charge is 2.31. The van der Waals surface area contributed by atoms with Gasteiger partial charge in [0.1, 0.15) is 0 Å². The second kappa shape index (κ2) is 2.27. The number of rotatable bonds is 1. The van der Waals surface area contributed by atoms with Crippen molar-refractivity contribution in [2.24, 2.45) is 0 Å². The summed E-state index contributed by atoms with van der Waals surface area (Å²) in [6.45, 7) is 1.29. The van der Waals surface area contributed by atoms with Crippen molar-refractivity contribution in [3.63, 3.8) is 0 Å². The van der Waals surface area contributed by atoms with E-state index in [-0.39, 0.29) is 0 Å². The lowest BCUT2D eigenvalue weighted by atomic mass is 10.5. The third-order valence-electron chi connectivity index (χ3n) is 0.896. The molecule has 0 rings (SSSR count). The Morgan fingerprint density at radius 1 is 1.67 bits per heavy atom. The summed E-state index contributed by atoms with van der Waals surface area (Å²) in [5.74, 6) is 0. The van der Waals surface area contributed by atoms with E-state index in [9.17, 15) is 8.42 Å². The molecule has 5 heteroatoms. The second-order valence-electron chi connectivity index (χ2n) is 1.80. The first-order chi connectivity index (χ1) is 3.81. The summed E-state index contributed by atoms with van der Waals surface area (Å²) in [5, 5.41) is 8.25. The highest BCUT2D eigenvalue weighted by molar-refractivity contribution is 9.11. The van der Waals surface area contributed by atoms with Crippen molar-refractivity contribution in [2.45, 2.75) is 10.6 Å². The van der Waals surface area contributed by atoms with Gasteiger partial charge in [-0.3, -0.25) is 0 Å². The molecule has 0 N–H and O–H groups in total. The molecule has 0 bridgehead atoms. The largest absolute Gasteiger partial charge is 0.227 e. The first-order valence-electron chi connectivity index (χ1n) is 2.11. The van der Waals surface area contributed by atoms with Crippen molar-refractivity contribution < 1.29 is 8.42 Å². The van der Waals surface area contributed by atoms with Crippen molar-refractivity contribution >= 4 is 25.8 Å². The Kier molecular flexibility index (Phi) is 2.25. The van der Waals surface area contributed by atoms with E-state index in [1.54, 1.807) is 6.07 Å². The van der Waals surface area contributed by atoms with Gasteiger partial charge in [-0.2, -0.15) is 5.26 Å². The van der Waals surface area contributed by atoms with E-state index in [4.69, 9.17) is 5.26 Å². The topological polar surface area (TPSA) is 57.9 Å². The summed E-state index contributed by atoms with van der Waals surface area (Å²) in [6.07, 6.45) is 1.00. The highest BCUT2D eigenvalue weighted by Crippen LogP contribution is 2.21. The minimum absolute atomic E-state index is 1.00. The highest BCUT2D eigenvalue weighted by atomic mass is 79.9. The molecule has 0 aromatic rings. The van der Waals surface area contributed by atoms with Gasteiger partial charge < -0.3 is 0 Å². The molecule has 0 fully saturated rings. The SMILES string of the molecule is C[C@](Br)(C#N)S(C)(=O)=O. The number of nitrogens with zero attached hydrogens (tertiary/aromatic N) is 1. The van der Waals surface area contributed by atoms with Crippen molar-refractivity contribution in [1.29, 1.82) is 5.26 Å². The molecular weight excluding hydrogens is 206 g/mol. The van der Waals surface area contributed by atoms with Crippen LogP contribution in [0.15, 0.2) is 0 Å². The van der Waals surface area contributed by atoms with Crippen LogP contribution in [0.1, 0.15) is 6.92 Å². The van der Waals surface area contributed by atoms with Crippen LogP contribution in [0.3, 0.4) is 0 Å². The number of hydrogen-bond donors (Lipinski definition) is 0.